The molecule has 1 aliphatic heterocycles. The Morgan fingerprint density at radius 2 is 2.00 bits per heavy atom. The molecule has 0 bridgehead atoms. The number of anilines is 1. The van der Waals surface area contributed by atoms with Crippen LogP contribution in [0.3, 0.4) is 0 Å². The molecule has 0 atom stereocenters. The first-order valence-electron chi connectivity index (χ1n) is 6.77. The van der Waals surface area contributed by atoms with Crippen LogP contribution in [0, 0.1) is 6.92 Å². The van der Waals surface area contributed by atoms with Crippen LogP contribution >= 0.6 is 11.6 Å². The number of rotatable bonds is 4. The number of hydrogen-bond donors (Lipinski definition) is 1. The number of aryl methyl sites for hydroxylation is 1. The highest BCUT2D eigenvalue weighted by Gasteiger charge is 2.14. The summed E-state index contributed by atoms with van der Waals surface area (Å²) in [6.07, 6.45) is 3.09. The van der Waals surface area contributed by atoms with E-state index >= 15 is 0 Å². The van der Waals surface area contributed by atoms with Crippen molar-refractivity contribution in [1.82, 2.24) is 0 Å². The summed E-state index contributed by atoms with van der Waals surface area (Å²) in [5, 5.41) is 3.76. The van der Waals surface area contributed by atoms with Gasteiger partial charge in [-0.3, -0.25) is 4.79 Å². The first-order valence-corrected chi connectivity index (χ1v) is 7.14. The van der Waals surface area contributed by atoms with Crippen molar-refractivity contribution < 1.29 is 14.3 Å². The third-order valence-corrected chi connectivity index (χ3v) is 3.55. The Labute approximate surface area is 133 Å². The third-order valence-electron chi connectivity index (χ3n) is 3.32. The number of fused-ring (bicyclic) bond motifs is 1. The lowest BCUT2D eigenvalue weighted by molar-refractivity contribution is 0.104. The SMILES string of the molecule is Cc1cc(Cl)ccc1N/C=C/C(=O)c1ccc2c(c1)OCO2. The number of ether oxygens (including phenoxy) is 2. The zero-order valence-corrected chi connectivity index (χ0v) is 12.7. The van der Waals surface area contributed by atoms with Crippen molar-refractivity contribution in [2.45, 2.75) is 6.92 Å². The Hall–Kier alpha value is -2.46. The highest BCUT2D eigenvalue weighted by Crippen LogP contribution is 2.32. The number of hydrogen-bond acceptors (Lipinski definition) is 4. The molecule has 0 radical (unpaired) electrons. The van der Waals surface area contributed by atoms with E-state index in [1.54, 1.807) is 30.5 Å². The van der Waals surface area contributed by atoms with Gasteiger partial charge in [-0.1, -0.05) is 11.6 Å². The van der Waals surface area contributed by atoms with Crippen LogP contribution < -0.4 is 14.8 Å². The number of nitrogens with one attached hydrogen (secondary N) is 1. The van der Waals surface area contributed by atoms with Crippen LogP contribution in [0.2, 0.25) is 5.02 Å². The quantitative estimate of drug-likeness (QED) is 0.679. The number of carbonyl (C=O) groups excluding carboxylic acids is 1. The zero-order chi connectivity index (χ0) is 15.5. The fourth-order valence-corrected chi connectivity index (χ4v) is 2.37. The van der Waals surface area contributed by atoms with Crippen molar-refractivity contribution in [2.24, 2.45) is 0 Å². The lowest BCUT2D eigenvalue weighted by Gasteiger charge is -2.05. The molecule has 0 saturated carbocycles. The van der Waals surface area contributed by atoms with Gasteiger partial charge >= 0.3 is 0 Å². The van der Waals surface area contributed by atoms with Crippen molar-refractivity contribution >= 4 is 23.1 Å². The maximum atomic E-state index is 12.1. The second-order valence-corrected chi connectivity index (χ2v) is 5.31. The minimum Gasteiger partial charge on any atom is -0.454 e. The highest BCUT2D eigenvalue weighted by atomic mass is 35.5. The van der Waals surface area contributed by atoms with Crippen molar-refractivity contribution in [3.05, 3.63) is 64.8 Å². The van der Waals surface area contributed by atoms with Crippen LogP contribution in [0.4, 0.5) is 5.69 Å². The molecule has 22 heavy (non-hydrogen) atoms. The van der Waals surface area contributed by atoms with Gasteiger partial charge in [0, 0.05) is 28.5 Å². The van der Waals surface area contributed by atoms with E-state index in [9.17, 15) is 4.79 Å². The molecule has 1 aliphatic rings. The van der Waals surface area contributed by atoms with Gasteiger partial charge in [0.05, 0.1) is 0 Å². The van der Waals surface area contributed by atoms with Gasteiger partial charge in [-0.15, -0.1) is 0 Å². The molecule has 4 nitrogen and oxygen atoms in total. The maximum Gasteiger partial charge on any atom is 0.231 e. The lowest BCUT2D eigenvalue weighted by atomic mass is 10.1. The molecular weight excluding hydrogens is 302 g/mol. The van der Waals surface area contributed by atoms with Crippen molar-refractivity contribution in [3.8, 4) is 11.5 Å². The smallest absolute Gasteiger partial charge is 0.231 e. The fourth-order valence-electron chi connectivity index (χ4n) is 2.14. The van der Waals surface area contributed by atoms with E-state index in [0.29, 0.717) is 22.1 Å². The highest BCUT2D eigenvalue weighted by molar-refractivity contribution is 6.30. The number of benzene rings is 2. The first kappa shape index (κ1) is 14.5. The van der Waals surface area contributed by atoms with E-state index < -0.39 is 0 Å². The molecule has 0 unspecified atom stereocenters. The van der Waals surface area contributed by atoms with E-state index in [2.05, 4.69) is 5.32 Å². The molecule has 112 valence electrons. The van der Waals surface area contributed by atoms with E-state index in [4.69, 9.17) is 21.1 Å². The summed E-state index contributed by atoms with van der Waals surface area (Å²) in [4.78, 5) is 12.1. The number of carbonyl (C=O) groups is 1. The first-order chi connectivity index (χ1) is 10.6. The van der Waals surface area contributed by atoms with Crippen LogP contribution in [0.5, 0.6) is 11.5 Å². The Kier molecular flexibility index (Phi) is 4.02. The minimum absolute atomic E-state index is 0.114. The molecule has 0 fully saturated rings. The molecule has 5 heteroatoms. The van der Waals surface area contributed by atoms with Crippen LogP contribution in [0.15, 0.2) is 48.7 Å². The second-order valence-electron chi connectivity index (χ2n) is 4.87. The molecule has 2 aromatic rings. The molecule has 1 heterocycles. The van der Waals surface area contributed by atoms with E-state index in [1.807, 2.05) is 19.1 Å². The van der Waals surface area contributed by atoms with Gasteiger partial charge in [0.25, 0.3) is 0 Å². The number of halogens is 1. The predicted octanol–water partition coefficient (Wildman–Crippen LogP) is 4.19. The summed E-state index contributed by atoms with van der Waals surface area (Å²) < 4.78 is 10.5. The molecule has 1 N–H and O–H groups in total. The fraction of sp³-hybridized carbons (Fsp3) is 0.118. The molecule has 0 saturated heterocycles. The number of ketones is 1. The molecule has 0 aliphatic carbocycles. The third kappa shape index (κ3) is 3.07. The van der Waals surface area contributed by atoms with Gasteiger partial charge in [-0.25, -0.2) is 0 Å². The van der Waals surface area contributed by atoms with Crippen LogP contribution in [0.25, 0.3) is 0 Å². The standard InChI is InChI=1S/C17H14ClNO3/c1-11-8-13(18)3-4-14(11)19-7-6-15(20)12-2-5-16-17(9-12)22-10-21-16/h2-9,19H,10H2,1H3/b7-6+. The summed E-state index contributed by atoms with van der Waals surface area (Å²) in [6, 6.07) is 10.7. The Bertz CT molecular complexity index is 756. The van der Waals surface area contributed by atoms with E-state index in [-0.39, 0.29) is 12.6 Å². The lowest BCUT2D eigenvalue weighted by Crippen LogP contribution is -1.97. The number of allylic oxidation sites excluding steroid dienone is 1. The summed E-state index contributed by atoms with van der Waals surface area (Å²) in [5.41, 5.74) is 2.46. The molecule has 2 aromatic carbocycles. The minimum atomic E-state index is -0.114. The van der Waals surface area contributed by atoms with Gasteiger partial charge in [0.1, 0.15) is 0 Å². The Morgan fingerprint density at radius 1 is 1.18 bits per heavy atom. The molecular formula is C17H14ClNO3. The molecule has 0 amide bonds. The molecule has 3 rings (SSSR count). The van der Waals surface area contributed by atoms with Crippen LogP contribution in [-0.2, 0) is 0 Å². The average molecular weight is 316 g/mol. The van der Waals surface area contributed by atoms with E-state index in [1.165, 1.54) is 6.08 Å². The van der Waals surface area contributed by atoms with Crippen molar-refractivity contribution in [2.75, 3.05) is 12.1 Å². The Morgan fingerprint density at radius 3 is 2.82 bits per heavy atom. The van der Waals surface area contributed by atoms with Gasteiger partial charge in [0.15, 0.2) is 17.3 Å². The summed E-state index contributed by atoms with van der Waals surface area (Å²) in [6.45, 7) is 2.14. The summed E-state index contributed by atoms with van der Waals surface area (Å²) in [5.74, 6) is 1.15. The van der Waals surface area contributed by atoms with Crippen molar-refractivity contribution in [1.29, 1.82) is 0 Å². The zero-order valence-electron chi connectivity index (χ0n) is 11.9. The van der Waals surface area contributed by atoms with Crippen LogP contribution in [-0.4, -0.2) is 12.6 Å². The largest absolute Gasteiger partial charge is 0.454 e. The topological polar surface area (TPSA) is 47.6 Å². The average Bonchev–Trinajstić information content (AvgIpc) is 2.96. The van der Waals surface area contributed by atoms with Gasteiger partial charge in [0.2, 0.25) is 6.79 Å². The van der Waals surface area contributed by atoms with Gasteiger partial charge in [-0.05, 0) is 48.9 Å². The predicted molar refractivity (Wildman–Crippen MR) is 85.8 cm³/mol. The Balaban J connectivity index is 1.68. The monoisotopic (exact) mass is 315 g/mol. The van der Waals surface area contributed by atoms with Crippen LogP contribution in [0.1, 0.15) is 15.9 Å². The van der Waals surface area contributed by atoms with Crippen molar-refractivity contribution in [3.63, 3.8) is 0 Å². The second kappa shape index (κ2) is 6.12. The van der Waals surface area contributed by atoms with E-state index in [0.717, 1.165) is 11.3 Å². The molecule has 0 spiro atoms. The normalized spacial score (nSPS) is 12.6. The summed E-state index contributed by atoms with van der Waals surface area (Å²) in [7, 11) is 0. The maximum absolute atomic E-state index is 12.1. The summed E-state index contributed by atoms with van der Waals surface area (Å²) >= 11 is 5.91. The van der Waals surface area contributed by atoms with Gasteiger partial charge < -0.3 is 14.8 Å². The van der Waals surface area contributed by atoms with Gasteiger partial charge in [-0.2, -0.15) is 0 Å². The molecule has 0 aromatic heterocycles.